The molecule has 0 saturated carbocycles. The second-order valence-electron chi connectivity index (χ2n) is 6.92. The second-order valence-corrected chi connectivity index (χ2v) is 6.92. The molecule has 0 aromatic carbocycles. The third-order valence-corrected chi connectivity index (χ3v) is 4.73. The normalized spacial score (nSPS) is 29.4. The van der Waals surface area contributed by atoms with Gasteiger partial charge in [0.2, 0.25) is 5.91 Å². The van der Waals surface area contributed by atoms with Crippen molar-refractivity contribution in [2.45, 2.75) is 50.0 Å². The Balaban J connectivity index is 1.60. The molecule has 138 valence electrons. The molecule has 25 heavy (non-hydrogen) atoms. The maximum atomic E-state index is 12.6. The molecule has 2 aliphatic heterocycles. The summed E-state index contributed by atoms with van der Waals surface area (Å²) < 4.78 is 13.3. The Hall–Kier alpha value is -1.93. The molecule has 0 unspecified atom stereocenters. The van der Waals surface area contributed by atoms with Crippen LogP contribution in [-0.4, -0.2) is 65.4 Å². The number of likely N-dealkylation sites (N-methyl/N-ethyl adjacent to an activating group) is 1. The van der Waals surface area contributed by atoms with Gasteiger partial charge in [-0.2, -0.15) is 5.10 Å². The van der Waals surface area contributed by atoms with E-state index in [1.54, 1.807) is 25.0 Å². The third-order valence-electron chi connectivity index (χ3n) is 4.73. The molecular weight excluding hydrogens is 324 g/mol. The minimum absolute atomic E-state index is 0.0930. The molecule has 0 aliphatic carbocycles. The minimum Gasteiger partial charge on any atom is -0.371 e. The van der Waals surface area contributed by atoms with Crippen LogP contribution in [-0.2, 0) is 26.1 Å². The van der Waals surface area contributed by atoms with Gasteiger partial charge >= 0.3 is 0 Å². The van der Waals surface area contributed by atoms with E-state index in [1.165, 1.54) is 4.90 Å². The molecular formula is C17H26N4O4. The zero-order valence-corrected chi connectivity index (χ0v) is 15.0. The van der Waals surface area contributed by atoms with Crippen LogP contribution >= 0.6 is 0 Å². The van der Waals surface area contributed by atoms with E-state index in [1.807, 2.05) is 13.2 Å². The van der Waals surface area contributed by atoms with Gasteiger partial charge in [-0.1, -0.05) is 0 Å². The van der Waals surface area contributed by atoms with E-state index in [-0.39, 0.29) is 24.0 Å². The highest BCUT2D eigenvalue weighted by Crippen LogP contribution is 2.29. The average Bonchev–Trinajstić information content (AvgIpc) is 3.23. The van der Waals surface area contributed by atoms with Gasteiger partial charge < -0.3 is 19.7 Å². The fourth-order valence-electron chi connectivity index (χ4n) is 3.42. The Labute approximate surface area is 147 Å². The van der Waals surface area contributed by atoms with Gasteiger partial charge in [0.05, 0.1) is 12.2 Å². The van der Waals surface area contributed by atoms with Crippen LogP contribution in [0.2, 0.25) is 0 Å². The number of carbonyl (C=O) groups excluding carboxylic acids is 2. The SMILES string of the molecule is CN(C)C(=O)[C@H]1CC[C@@H](C(=O)N[C@H]2CCCO[C@@H]2c2cnn(C)c2)O1. The van der Waals surface area contributed by atoms with E-state index in [9.17, 15) is 9.59 Å². The van der Waals surface area contributed by atoms with E-state index in [0.717, 1.165) is 18.4 Å². The summed E-state index contributed by atoms with van der Waals surface area (Å²) in [6.45, 7) is 0.672. The van der Waals surface area contributed by atoms with Gasteiger partial charge in [-0.15, -0.1) is 0 Å². The molecule has 3 heterocycles. The Morgan fingerprint density at radius 3 is 2.72 bits per heavy atom. The number of aromatic nitrogens is 2. The smallest absolute Gasteiger partial charge is 0.251 e. The Morgan fingerprint density at radius 1 is 1.28 bits per heavy atom. The zero-order chi connectivity index (χ0) is 18.0. The number of carbonyl (C=O) groups is 2. The molecule has 2 amide bonds. The molecule has 0 radical (unpaired) electrons. The molecule has 2 saturated heterocycles. The maximum Gasteiger partial charge on any atom is 0.251 e. The first kappa shape index (κ1) is 17.9. The van der Waals surface area contributed by atoms with Crippen LogP contribution in [0.15, 0.2) is 12.4 Å². The highest BCUT2D eigenvalue weighted by atomic mass is 16.5. The van der Waals surface area contributed by atoms with Crippen LogP contribution in [0, 0.1) is 0 Å². The van der Waals surface area contributed by atoms with Crippen LogP contribution < -0.4 is 5.32 Å². The minimum atomic E-state index is -0.578. The monoisotopic (exact) mass is 350 g/mol. The predicted octanol–water partition coefficient (Wildman–Crippen LogP) is 0.392. The summed E-state index contributed by atoms with van der Waals surface area (Å²) in [6, 6.07) is -0.113. The first-order chi connectivity index (χ1) is 12.0. The Kier molecular flexibility index (Phi) is 5.39. The maximum absolute atomic E-state index is 12.6. The lowest BCUT2D eigenvalue weighted by Crippen LogP contribution is -2.47. The topological polar surface area (TPSA) is 85.7 Å². The van der Waals surface area contributed by atoms with Gasteiger partial charge in [0.1, 0.15) is 18.3 Å². The molecule has 2 aliphatic rings. The van der Waals surface area contributed by atoms with Gasteiger partial charge in [0, 0.05) is 39.5 Å². The summed E-state index contributed by atoms with van der Waals surface area (Å²) in [5, 5.41) is 7.24. The van der Waals surface area contributed by atoms with Crippen LogP contribution in [0.25, 0.3) is 0 Å². The van der Waals surface area contributed by atoms with E-state index >= 15 is 0 Å². The molecule has 0 bridgehead atoms. The molecule has 3 rings (SSSR count). The van der Waals surface area contributed by atoms with Gasteiger partial charge in [0.15, 0.2) is 0 Å². The van der Waals surface area contributed by atoms with Crippen molar-refractivity contribution in [3.63, 3.8) is 0 Å². The highest BCUT2D eigenvalue weighted by molar-refractivity contribution is 5.84. The number of aryl methyl sites for hydroxylation is 1. The lowest BCUT2D eigenvalue weighted by atomic mass is 9.97. The van der Waals surface area contributed by atoms with Crippen molar-refractivity contribution in [1.82, 2.24) is 20.0 Å². The van der Waals surface area contributed by atoms with Crippen LogP contribution in [0.5, 0.6) is 0 Å². The van der Waals surface area contributed by atoms with Crippen molar-refractivity contribution in [2.24, 2.45) is 7.05 Å². The van der Waals surface area contributed by atoms with Crippen LogP contribution in [0.1, 0.15) is 37.4 Å². The fraction of sp³-hybridized carbons (Fsp3) is 0.706. The molecule has 4 atom stereocenters. The van der Waals surface area contributed by atoms with E-state index < -0.39 is 12.2 Å². The van der Waals surface area contributed by atoms with Gasteiger partial charge in [-0.3, -0.25) is 14.3 Å². The predicted molar refractivity (Wildman–Crippen MR) is 89.7 cm³/mol. The first-order valence-corrected chi connectivity index (χ1v) is 8.73. The van der Waals surface area contributed by atoms with Crippen molar-refractivity contribution >= 4 is 11.8 Å². The molecule has 1 aromatic heterocycles. The number of hydrogen-bond donors (Lipinski definition) is 1. The number of nitrogens with one attached hydrogen (secondary N) is 1. The highest BCUT2D eigenvalue weighted by Gasteiger charge is 2.38. The number of amides is 2. The number of rotatable bonds is 4. The molecule has 2 fully saturated rings. The van der Waals surface area contributed by atoms with Gasteiger partial charge in [0.25, 0.3) is 5.91 Å². The van der Waals surface area contributed by atoms with Gasteiger partial charge in [-0.05, 0) is 25.7 Å². The fourth-order valence-corrected chi connectivity index (χ4v) is 3.42. The standard InChI is InChI=1S/C17H26N4O4/c1-20(2)17(23)14-7-6-13(25-14)16(22)19-12-5-4-8-24-15(12)11-9-18-21(3)10-11/h9-10,12-15H,4-8H2,1-3H3,(H,19,22)/t12-,13-,14+,15+/m0/s1. The largest absolute Gasteiger partial charge is 0.371 e. The van der Waals surface area contributed by atoms with Crippen molar-refractivity contribution in [3.8, 4) is 0 Å². The van der Waals surface area contributed by atoms with Crippen molar-refractivity contribution in [3.05, 3.63) is 18.0 Å². The Bertz CT molecular complexity index is 630. The Morgan fingerprint density at radius 2 is 2.04 bits per heavy atom. The number of ether oxygens (including phenoxy) is 2. The van der Waals surface area contributed by atoms with E-state index in [0.29, 0.717) is 19.4 Å². The van der Waals surface area contributed by atoms with Crippen molar-refractivity contribution < 1.29 is 19.1 Å². The summed E-state index contributed by atoms with van der Waals surface area (Å²) in [4.78, 5) is 26.1. The summed E-state index contributed by atoms with van der Waals surface area (Å²) in [5.41, 5.74) is 0.959. The molecule has 1 aromatic rings. The second kappa shape index (κ2) is 7.53. The summed E-state index contributed by atoms with van der Waals surface area (Å²) >= 11 is 0. The molecule has 0 spiro atoms. The van der Waals surface area contributed by atoms with Gasteiger partial charge in [-0.25, -0.2) is 0 Å². The summed E-state index contributed by atoms with van der Waals surface area (Å²) in [5.74, 6) is -0.261. The lowest BCUT2D eigenvalue weighted by molar-refractivity contribution is -0.145. The molecule has 8 nitrogen and oxygen atoms in total. The van der Waals surface area contributed by atoms with Crippen molar-refractivity contribution in [1.29, 1.82) is 0 Å². The zero-order valence-electron chi connectivity index (χ0n) is 15.0. The summed E-state index contributed by atoms with van der Waals surface area (Å²) in [6.07, 6.45) is 5.25. The number of nitrogens with zero attached hydrogens (tertiary/aromatic N) is 3. The average molecular weight is 350 g/mol. The van der Waals surface area contributed by atoms with E-state index in [2.05, 4.69) is 10.4 Å². The molecule has 8 heteroatoms. The first-order valence-electron chi connectivity index (χ1n) is 8.73. The molecule has 1 N–H and O–H groups in total. The van der Waals surface area contributed by atoms with Crippen molar-refractivity contribution in [2.75, 3.05) is 20.7 Å². The van der Waals surface area contributed by atoms with Crippen LogP contribution in [0.3, 0.4) is 0 Å². The lowest BCUT2D eigenvalue weighted by Gasteiger charge is -2.32. The quantitative estimate of drug-likeness (QED) is 0.849. The van der Waals surface area contributed by atoms with E-state index in [4.69, 9.17) is 9.47 Å². The van der Waals surface area contributed by atoms with Crippen LogP contribution in [0.4, 0.5) is 0 Å². The third kappa shape index (κ3) is 4.01. The number of hydrogen-bond acceptors (Lipinski definition) is 5. The summed E-state index contributed by atoms with van der Waals surface area (Å²) in [7, 11) is 5.24.